The average Bonchev–Trinajstić information content (AvgIpc) is 2.81. The van der Waals surface area contributed by atoms with Crippen LogP contribution in [0, 0.1) is 5.92 Å². The summed E-state index contributed by atoms with van der Waals surface area (Å²) in [5, 5.41) is 0. The predicted molar refractivity (Wildman–Crippen MR) is 86.8 cm³/mol. The Kier molecular flexibility index (Phi) is 4.40. The Morgan fingerprint density at radius 1 is 1.05 bits per heavy atom. The monoisotopic (exact) mass is 287 g/mol. The fourth-order valence-electron chi connectivity index (χ4n) is 2.80. The van der Waals surface area contributed by atoms with Crippen molar-refractivity contribution in [3.05, 3.63) is 34.7 Å². The molecule has 0 spiro atoms. The predicted octanol–water partition coefficient (Wildman–Crippen LogP) is 4.46. The quantitative estimate of drug-likeness (QED) is 0.769. The van der Waals surface area contributed by atoms with Gasteiger partial charge < -0.3 is 9.30 Å². The van der Waals surface area contributed by atoms with Crippen molar-refractivity contribution in [2.45, 2.75) is 53.7 Å². The zero-order valence-electron chi connectivity index (χ0n) is 13.8. The first-order valence-electron chi connectivity index (χ1n) is 7.52. The molecule has 0 amide bonds. The normalized spacial score (nSPS) is 24.7. The maximum absolute atomic E-state index is 12.3. The van der Waals surface area contributed by atoms with E-state index in [1.165, 1.54) is 11.1 Å². The molecule has 1 aromatic rings. The number of hydrogen-bond donors (Lipinski definition) is 0. The molecule has 3 heteroatoms. The van der Waals surface area contributed by atoms with E-state index in [1.54, 1.807) is 0 Å². The van der Waals surface area contributed by atoms with Gasteiger partial charge in [0.1, 0.15) is 12.1 Å². The molecule has 1 aliphatic heterocycles. The lowest BCUT2D eigenvalue weighted by atomic mass is 9.99. The van der Waals surface area contributed by atoms with E-state index >= 15 is 0 Å². The van der Waals surface area contributed by atoms with Crippen molar-refractivity contribution in [3.63, 3.8) is 0 Å². The summed E-state index contributed by atoms with van der Waals surface area (Å²) in [5.74, 6) is 0.0385. The average molecular weight is 287 g/mol. The Hall–Kier alpha value is -1.77. The standard InChI is InChI=1S/C18H25NO2/c1-11(2)9-15-7-8-16(10-12(3)4)19(15)17-13(5)14(6)21-18(17)20/h7-10,13-14,17H,1-6H3/t13-,14-,17+/m1/s1. The highest BCUT2D eigenvalue weighted by molar-refractivity contribution is 5.78. The maximum Gasteiger partial charge on any atom is 0.329 e. The van der Waals surface area contributed by atoms with E-state index in [9.17, 15) is 4.79 Å². The lowest BCUT2D eigenvalue weighted by Crippen LogP contribution is -2.22. The van der Waals surface area contributed by atoms with Crippen LogP contribution in [0.25, 0.3) is 12.2 Å². The van der Waals surface area contributed by atoms with Gasteiger partial charge in [-0.25, -0.2) is 4.79 Å². The minimum Gasteiger partial charge on any atom is -0.461 e. The summed E-state index contributed by atoms with van der Waals surface area (Å²) in [7, 11) is 0. The third-order valence-electron chi connectivity index (χ3n) is 3.91. The summed E-state index contributed by atoms with van der Waals surface area (Å²) in [6.45, 7) is 12.3. The number of ether oxygens (including phenoxy) is 1. The van der Waals surface area contributed by atoms with Crippen LogP contribution in [0.5, 0.6) is 0 Å². The number of aromatic nitrogens is 1. The van der Waals surface area contributed by atoms with Crippen LogP contribution in [0.3, 0.4) is 0 Å². The summed E-state index contributed by atoms with van der Waals surface area (Å²) in [6.07, 6.45) is 4.19. The van der Waals surface area contributed by atoms with Gasteiger partial charge in [-0.15, -0.1) is 0 Å². The molecule has 1 fully saturated rings. The third-order valence-corrected chi connectivity index (χ3v) is 3.91. The molecule has 1 aromatic heterocycles. The van der Waals surface area contributed by atoms with E-state index in [-0.39, 0.29) is 24.0 Å². The van der Waals surface area contributed by atoms with Crippen LogP contribution in [0.15, 0.2) is 23.3 Å². The van der Waals surface area contributed by atoms with Gasteiger partial charge in [0.15, 0.2) is 0 Å². The Morgan fingerprint density at radius 3 is 1.86 bits per heavy atom. The van der Waals surface area contributed by atoms with Crippen LogP contribution in [0.1, 0.15) is 59.0 Å². The molecule has 0 aliphatic carbocycles. The van der Waals surface area contributed by atoms with Gasteiger partial charge in [-0.05, 0) is 58.9 Å². The number of carbonyl (C=O) groups excluding carboxylic acids is 1. The zero-order valence-corrected chi connectivity index (χ0v) is 13.8. The van der Waals surface area contributed by atoms with Crippen LogP contribution in [-0.2, 0) is 9.53 Å². The first-order chi connectivity index (χ1) is 9.81. The van der Waals surface area contributed by atoms with E-state index in [1.807, 2.05) is 6.92 Å². The van der Waals surface area contributed by atoms with E-state index in [2.05, 4.69) is 63.5 Å². The highest BCUT2D eigenvalue weighted by Crippen LogP contribution is 2.35. The summed E-state index contributed by atoms with van der Waals surface area (Å²) in [4.78, 5) is 12.3. The van der Waals surface area contributed by atoms with Gasteiger partial charge in [0.05, 0.1) is 0 Å². The first-order valence-corrected chi connectivity index (χ1v) is 7.52. The van der Waals surface area contributed by atoms with Crippen LogP contribution >= 0.6 is 0 Å². The Balaban J connectivity index is 2.59. The zero-order chi connectivity index (χ0) is 15.7. The number of carbonyl (C=O) groups is 1. The van der Waals surface area contributed by atoms with Gasteiger partial charge >= 0.3 is 5.97 Å². The van der Waals surface area contributed by atoms with Crippen molar-refractivity contribution in [2.24, 2.45) is 5.92 Å². The van der Waals surface area contributed by atoms with Crippen LogP contribution in [0.4, 0.5) is 0 Å². The molecule has 1 saturated heterocycles. The van der Waals surface area contributed by atoms with E-state index < -0.39 is 0 Å². The van der Waals surface area contributed by atoms with Gasteiger partial charge in [0, 0.05) is 17.3 Å². The van der Waals surface area contributed by atoms with Crippen LogP contribution in [-0.4, -0.2) is 16.6 Å². The van der Waals surface area contributed by atoms with E-state index in [0.29, 0.717) is 0 Å². The van der Waals surface area contributed by atoms with E-state index in [0.717, 1.165) is 11.4 Å². The van der Waals surface area contributed by atoms with Crippen LogP contribution < -0.4 is 0 Å². The largest absolute Gasteiger partial charge is 0.461 e. The Bertz CT molecular complexity index is 563. The molecule has 3 atom stereocenters. The SMILES string of the molecule is CC(C)=Cc1ccc(C=C(C)C)n1[C@@H]1C(=O)O[C@H](C)[C@H]1C. The molecule has 114 valence electrons. The lowest BCUT2D eigenvalue weighted by Gasteiger charge is -2.19. The minimum absolute atomic E-state index is 0.0380. The second kappa shape index (κ2) is 5.92. The summed E-state index contributed by atoms with van der Waals surface area (Å²) in [5.41, 5.74) is 4.55. The Morgan fingerprint density at radius 2 is 1.52 bits per heavy atom. The number of allylic oxidation sites excluding steroid dienone is 2. The van der Waals surface area contributed by atoms with Crippen molar-refractivity contribution < 1.29 is 9.53 Å². The van der Waals surface area contributed by atoms with E-state index in [4.69, 9.17) is 4.74 Å². The Labute approximate surface area is 127 Å². The maximum atomic E-state index is 12.3. The van der Waals surface area contributed by atoms with Gasteiger partial charge in [-0.1, -0.05) is 18.1 Å². The molecule has 3 nitrogen and oxygen atoms in total. The highest BCUT2D eigenvalue weighted by atomic mass is 16.6. The van der Waals surface area contributed by atoms with Crippen molar-refractivity contribution in [1.82, 2.24) is 4.57 Å². The second-order valence-corrected chi connectivity index (χ2v) is 6.44. The molecule has 0 radical (unpaired) electrons. The van der Waals surface area contributed by atoms with Gasteiger partial charge in [-0.2, -0.15) is 0 Å². The molecular weight excluding hydrogens is 262 g/mol. The smallest absolute Gasteiger partial charge is 0.329 e. The number of cyclic esters (lactones) is 1. The molecule has 0 bridgehead atoms. The summed E-state index contributed by atoms with van der Waals surface area (Å²) < 4.78 is 7.55. The molecule has 0 unspecified atom stereocenters. The molecule has 0 N–H and O–H groups in total. The van der Waals surface area contributed by atoms with Gasteiger partial charge in [-0.3, -0.25) is 0 Å². The lowest BCUT2D eigenvalue weighted by molar-refractivity contribution is -0.143. The number of hydrogen-bond acceptors (Lipinski definition) is 2. The summed E-state index contributed by atoms with van der Waals surface area (Å²) in [6, 6.07) is 3.90. The number of nitrogens with zero attached hydrogens (tertiary/aromatic N) is 1. The topological polar surface area (TPSA) is 31.2 Å². The first kappa shape index (κ1) is 15.6. The molecule has 0 saturated carbocycles. The second-order valence-electron chi connectivity index (χ2n) is 6.44. The number of esters is 1. The fraction of sp³-hybridized carbons (Fsp3) is 0.500. The number of rotatable bonds is 3. The highest BCUT2D eigenvalue weighted by Gasteiger charge is 2.41. The van der Waals surface area contributed by atoms with Gasteiger partial charge in [0.2, 0.25) is 0 Å². The summed E-state index contributed by atoms with van der Waals surface area (Å²) >= 11 is 0. The molecule has 21 heavy (non-hydrogen) atoms. The van der Waals surface area contributed by atoms with Crippen LogP contribution in [0.2, 0.25) is 0 Å². The van der Waals surface area contributed by atoms with Crippen molar-refractivity contribution in [3.8, 4) is 0 Å². The molecule has 1 aliphatic rings. The fourth-order valence-corrected chi connectivity index (χ4v) is 2.80. The molecule has 2 heterocycles. The van der Waals surface area contributed by atoms with Crippen molar-refractivity contribution >= 4 is 18.1 Å². The molecule has 2 rings (SSSR count). The van der Waals surface area contributed by atoms with Gasteiger partial charge in [0.25, 0.3) is 0 Å². The van der Waals surface area contributed by atoms with Crippen molar-refractivity contribution in [2.75, 3.05) is 0 Å². The molecule has 0 aromatic carbocycles. The minimum atomic E-state index is -0.244. The van der Waals surface area contributed by atoms with Crippen molar-refractivity contribution in [1.29, 1.82) is 0 Å². The third kappa shape index (κ3) is 3.12. The molecular formula is C18H25NO2.